The minimum Gasteiger partial charge on any atom is -0.478 e. The van der Waals surface area contributed by atoms with Crippen molar-refractivity contribution in [3.63, 3.8) is 0 Å². The highest BCUT2D eigenvalue weighted by Gasteiger charge is 1.97. The summed E-state index contributed by atoms with van der Waals surface area (Å²) in [5.41, 5.74) is 0.729. The van der Waals surface area contributed by atoms with Crippen molar-refractivity contribution < 1.29 is 9.90 Å². The van der Waals surface area contributed by atoms with Crippen molar-refractivity contribution in [2.24, 2.45) is 0 Å². The molecule has 1 aromatic heterocycles. The minimum absolute atomic E-state index is 0.361. The Kier molecular flexibility index (Phi) is 2.77. The third-order valence-electron chi connectivity index (χ3n) is 1.34. The quantitative estimate of drug-likeness (QED) is 0.680. The van der Waals surface area contributed by atoms with E-state index in [9.17, 15) is 4.79 Å². The van der Waals surface area contributed by atoms with Gasteiger partial charge in [-0.15, -0.1) is 0 Å². The maximum atomic E-state index is 10.2. The summed E-state index contributed by atoms with van der Waals surface area (Å²) in [5.74, 6) is -1.06. The molecule has 0 aliphatic carbocycles. The number of carbonyl (C=O) groups is 1. The molecule has 0 atom stereocenters. The molecule has 1 aromatic rings. The van der Waals surface area contributed by atoms with Crippen LogP contribution >= 0.6 is 0 Å². The molecule has 0 bridgehead atoms. The van der Waals surface area contributed by atoms with Crippen LogP contribution < -0.4 is 0 Å². The molecule has 0 saturated carbocycles. The molecular formula is C9H6N2O2. The van der Waals surface area contributed by atoms with Crippen LogP contribution in [0.2, 0.25) is 0 Å². The van der Waals surface area contributed by atoms with Crippen LogP contribution in [0.3, 0.4) is 0 Å². The second-order valence-corrected chi connectivity index (χ2v) is 2.22. The van der Waals surface area contributed by atoms with Gasteiger partial charge in [-0.1, -0.05) is 0 Å². The van der Waals surface area contributed by atoms with Gasteiger partial charge in [-0.05, 0) is 18.2 Å². The van der Waals surface area contributed by atoms with Gasteiger partial charge in [-0.3, -0.25) is 4.98 Å². The maximum Gasteiger partial charge on any atom is 0.328 e. The van der Waals surface area contributed by atoms with E-state index in [0.29, 0.717) is 11.3 Å². The summed E-state index contributed by atoms with van der Waals surface area (Å²) >= 11 is 0. The third kappa shape index (κ3) is 2.42. The molecule has 1 N–H and O–H groups in total. The number of nitriles is 1. The molecule has 0 fully saturated rings. The van der Waals surface area contributed by atoms with Gasteiger partial charge in [0.25, 0.3) is 0 Å². The molecule has 1 heterocycles. The van der Waals surface area contributed by atoms with E-state index in [4.69, 9.17) is 10.4 Å². The van der Waals surface area contributed by atoms with Crippen molar-refractivity contribution in [2.45, 2.75) is 0 Å². The second-order valence-electron chi connectivity index (χ2n) is 2.22. The lowest BCUT2D eigenvalue weighted by molar-refractivity contribution is -0.131. The van der Waals surface area contributed by atoms with E-state index in [-0.39, 0.29) is 0 Å². The standard InChI is InChI=1S/C9H6N2O2/c10-6-7-2-1-5-11-8(7)3-4-9(12)13/h1-5H,(H,12,13)/b4-3+. The number of pyridine rings is 1. The van der Waals surface area contributed by atoms with Gasteiger partial charge in [0.2, 0.25) is 0 Å². The van der Waals surface area contributed by atoms with E-state index in [2.05, 4.69) is 4.98 Å². The fourth-order valence-electron chi connectivity index (χ4n) is 0.795. The highest BCUT2D eigenvalue weighted by atomic mass is 16.4. The normalized spacial score (nSPS) is 9.77. The molecule has 64 valence electrons. The Morgan fingerprint density at radius 2 is 2.46 bits per heavy atom. The second kappa shape index (κ2) is 4.02. The van der Waals surface area contributed by atoms with E-state index < -0.39 is 5.97 Å². The van der Waals surface area contributed by atoms with Crippen LogP contribution in [-0.4, -0.2) is 16.1 Å². The van der Waals surface area contributed by atoms with Crippen molar-refractivity contribution in [3.8, 4) is 6.07 Å². The molecule has 13 heavy (non-hydrogen) atoms. The van der Waals surface area contributed by atoms with Gasteiger partial charge >= 0.3 is 5.97 Å². The molecule has 0 saturated heterocycles. The lowest BCUT2D eigenvalue weighted by Crippen LogP contribution is -1.89. The van der Waals surface area contributed by atoms with Gasteiger partial charge in [0.1, 0.15) is 6.07 Å². The van der Waals surface area contributed by atoms with Crippen molar-refractivity contribution in [1.29, 1.82) is 5.26 Å². The first-order valence-electron chi connectivity index (χ1n) is 3.50. The zero-order chi connectivity index (χ0) is 9.68. The Bertz CT molecular complexity index is 391. The largest absolute Gasteiger partial charge is 0.478 e. The van der Waals surface area contributed by atoms with Gasteiger partial charge in [0.15, 0.2) is 0 Å². The summed E-state index contributed by atoms with van der Waals surface area (Å²) in [6.45, 7) is 0. The third-order valence-corrected chi connectivity index (χ3v) is 1.34. The van der Waals surface area contributed by atoms with Gasteiger partial charge in [-0.25, -0.2) is 4.79 Å². The van der Waals surface area contributed by atoms with Crippen LogP contribution in [0.1, 0.15) is 11.3 Å². The zero-order valence-electron chi connectivity index (χ0n) is 6.64. The maximum absolute atomic E-state index is 10.2. The summed E-state index contributed by atoms with van der Waals surface area (Å²) < 4.78 is 0. The van der Waals surface area contributed by atoms with E-state index >= 15 is 0 Å². The first-order valence-corrected chi connectivity index (χ1v) is 3.50. The number of carboxylic acids is 1. The summed E-state index contributed by atoms with van der Waals surface area (Å²) in [6, 6.07) is 5.11. The Morgan fingerprint density at radius 3 is 3.08 bits per heavy atom. The van der Waals surface area contributed by atoms with Crippen LogP contribution in [-0.2, 0) is 4.79 Å². The molecule has 0 amide bonds. The van der Waals surface area contributed by atoms with Gasteiger partial charge < -0.3 is 5.11 Å². The zero-order valence-corrected chi connectivity index (χ0v) is 6.64. The van der Waals surface area contributed by atoms with Crippen molar-refractivity contribution in [1.82, 2.24) is 4.98 Å². The van der Waals surface area contributed by atoms with Crippen LogP contribution in [0.15, 0.2) is 24.4 Å². The predicted octanol–water partition coefficient (Wildman–Crippen LogP) is 1.05. The topological polar surface area (TPSA) is 74.0 Å². The van der Waals surface area contributed by atoms with Gasteiger partial charge in [0, 0.05) is 12.3 Å². The smallest absolute Gasteiger partial charge is 0.328 e. The monoisotopic (exact) mass is 174 g/mol. The minimum atomic E-state index is -1.06. The first-order chi connectivity index (χ1) is 6.24. The molecule has 0 aliphatic rings. The van der Waals surface area contributed by atoms with Crippen LogP contribution in [0.4, 0.5) is 0 Å². The summed E-state index contributed by atoms with van der Waals surface area (Å²) in [4.78, 5) is 14.0. The van der Waals surface area contributed by atoms with Crippen LogP contribution in [0, 0.1) is 11.3 Å². The number of carboxylic acid groups (broad SMARTS) is 1. The summed E-state index contributed by atoms with van der Waals surface area (Å²) in [6.07, 6.45) is 3.74. The van der Waals surface area contributed by atoms with Crippen LogP contribution in [0.25, 0.3) is 6.08 Å². The van der Waals surface area contributed by atoms with E-state index in [0.717, 1.165) is 6.08 Å². The molecule has 0 aromatic carbocycles. The number of rotatable bonds is 2. The molecular weight excluding hydrogens is 168 g/mol. The summed E-state index contributed by atoms with van der Waals surface area (Å²) in [7, 11) is 0. The van der Waals surface area contributed by atoms with Crippen LogP contribution in [0.5, 0.6) is 0 Å². The van der Waals surface area contributed by atoms with E-state index in [1.807, 2.05) is 6.07 Å². The predicted molar refractivity (Wildman–Crippen MR) is 45.6 cm³/mol. The number of aromatic nitrogens is 1. The highest BCUT2D eigenvalue weighted by molar-refractivity contribution is 5.85. The number of nitrogens with zero attached hydrogens (tertiary/aromatic N) is 2. The molecule has 4 heteroatoms. The fraction of sp³-hybridized carbons (Fsp3) is 0. The van der Waals surface area contributed by atoms with Crippen molar-refractivity contribution in [3.05, 3.63) is 35.7 Å². The molecule has 0 radical (unpaired) electrons. The lowest BCUT2D eigenvalue weighted by Gasteiger charge is -1.93. The number of hydrogen-bond donors (Lipinski definition) is 1. The molecule has 0 spiro atoms. The molecule has 0 unspecified atom stereocenters. The van der Waals surface area contributed by atoms with Crippen molar-refractivity contribution >= 4 is 12.0 Å². The number of aliphatic carboxylic acids is 1. The Labute approximate surface area is 74.8 Å². The van der Waals surface area contributed by atoms with Crippen molar-refractivity contribution in [2.75, 3.05) is 0 Å². The average molecular weight is 174 g/mol. The van der Waals surface area contributed by atoms with Gasteiger partial charge in [0.05, 0.1) is 11.3 Å². The van der Waals surface area contributed by atoms with E-state index in [1.165, 1.54) is 12.3 Å². The molecule has 0 aliphatic heterocycles. The van der Waals surface area contributed by atoms with Gasteiger partial charge in [-0.2, -0.15) is 5.26 Å². The molecule has 1 rings (SSSR count). The summed E-state index contributed by atoms with van der Waals surface area (Å²) in [5, 5.41) is 17.0. The Morgan fingerprint density at radius 1 is 1.69 bits per heavy atom. The lowest BCUT2D eigenvalue weighted by atomic mass is 10.2. The Balaban J connectivity index is 3.02. The SMILES string of the molecule is N#Cc1cccnc1/C=C/C(=O)O. The molecule has 4 nitrogen and oxygen atoms in total. The van der Waals surface area contributed by atoms with E-state index in [1.54, 1.807) is 12.1 Å². The first kappa shape index (κ1) is 8.94. The Hall–Kier alpha value is -2.15. The fourth-order valence-corrected chi connectivity index (χ4v) is 0.795. The average Bonchev–Trinajstić information content (AvgIpc) is 2.15. The number of hydrogen-bond acceptors (Lipinski definition) is 3. The highest BCUT2D eigenvalue weighted by Crippen LogP contribution is 2.04.